The topological polar surface area (TPSA) is 48.2 Å². The van der Waals surface area contributed by atoms with E-state index in [0.717, 1.165) is 0 Å². The lowest BCUT2D eigenvalue weighted by Gasteiger charge is -2.20. The lowest BCUT2D eigenvalue weighted by Crippen LogP contribution is -2.20. The summed E-state index contributed by atoms with van der Waals surface area (Å²) in [6, 6.07) is 28.3. The molecular weight excluding hydrogens is 798 g/mol. The number of halogens is 12. The summed E-state index contributed by atoms with van der Waals surface area (Å²) in [7, 11) is 0. The first kappa shape index (κ1) is 40.6. The van der Waals surface area contributed by atoms with Crippen LogP contribution in [0.2, 0.25) is 0 Å². The lowest BCUT2D eigenvalue weighted by atomic mass is 9.84. The Morgan fingerprint density at radius 2 is 0.729 bits per heavy atom. The van der Waals surface area contributed by atoms with Crippen LogP contribution in [0.25, 0.3) is 39.0 Å². The summed E-state index contributed by atoms with van der Waals surface area (Å²) in [5, 5.41) is 13.3. The summed E-state index contributed by atoms with van der Waals surface area (Å²) in [6.07, 6.45) is -18.4. The van der Waals surface area contributed by atoms with Gasteiger partial charge >= 0.3 is 24.7 Å². The van der Waals surface area contributed by atoms with Crippen molar-refractivity contribution in [1.29, 1.82) is 5.41 Å². The number of benzene rings is 6. The molecule has 2 N–H and O–H groups in total. The van der Waals surface area contributed by atoms with Crippen molar-refractivity contribution in [2.24, 2.45) is 5.10 Å². The Morgan fingerprint density at radius 1 is 0.390 bits per heavy atom. The van der Waals surface area contributed by atoms with Crippen LogP contribution in [0.15, 0.2) is 145 Å². The first-order chi connectivity index (χ1) is 27.6. The molecule has 1 aliphatic rings. The Morgan fingerprint density at radius 3 is 1.12 bits per heavy atom. The molecule has 1 aliphatic carbocycles. The van der Waals surface area contributed by atoms with E-state index >= 15 is 0 Å². The van der Waals surface area contributed by atoms with Crippen LogP contribution in [0.3, 0.4) is 0 Å². The van der Waals surface area contributed by atoms with Crippen LogP contribution in [-0.4, -0.2) is 11.4 Å². The summed E-state index contributed by atoms with van der Waals surface area (Å²) >= 11 is 0. The number of nitrogens with one attached hydrogen (secondary N) is 2. The molecule has 6 aromatic carbocycles. The van der Waals surface area contributed by atoms with E-state index < -0.39 is 47.0 Å². The van der Waals surface area contributed by atoms with Crippen molar-refractivity contribution in [2.45, 2.75) is 24.7 Å². The molecule has 0 aliphatic heterocycles. The standard InChI is InChI=1S/C44H25F12N3/c45-41(46,47)31-17-29(18-32(21-31)42(48,49)50)26-7-5-24(6-8-26)25-13-15-35(16-14-25)58-59-39-23-38(36-3-1-2-4-37(36)40(39)57)28-11-9-27(10-12-28)30-19-33(43(51,52)53)22-34(20-30)44(54,55)56/h1-23,57-58H/b57-40?,59-39-. The van der Waals surface area contributed by atoms with Crippen LogP contribution in [-0.2, 0) is 24.7 Å². The maximum atomic E-state index is 13.5. The van der Waals surface area contributed by atoms with Gasteiger partial charge in [0.25, 0.3) is 0 Å². The first-order valence-corrected chi connectivity index (χ1v) is 17.3. The first-order valence-electron chi connectivity index (χ1n) is 17.3. The van der Waals surface area contributed by atoms with Gasteiger partial charge in [0.05, 0.1) is 33.7 Å². The van der Waals surface area contributed by atoms with Gasteiger partial charge in [0.15, 0.2) is 0 Å². The van der Waals surface area contributed by atoms with Gasteiger partial charge in [-0.15, -0.1) is 0 Å². The number of alkyl halides is 12. The Balaban J connectivity index is 1.13. The lowest BCUT2D eigenvalue weighted by molar-refractivity contribution is -0.144. The molecule has 0 fully saturated rings. The van der Waals surface area contributed by atoms with Crippen molar-refractivity contribution >= 4 is 22.7 Å². The molecule has 0 radical (unpaired) electrons. The second kappa shape index (κ2) is 14.9. The SMILES string of the molecule is N=C1/C(=N\Nc2ccc(-c3ccc(-c4cc(C(F)(F)F)cc(C(F)(F)F)c4)cc3)cc2)C=C(c2ccc(-c3cc(C(F)(F)F)cc(C(F)(F)F)c3)cc2)c2ccccc21. The van der Waals surface area contributed by atoms with Gasteiger partial charge in [-0.3, -0.25) is 10.8 Å². The normalized spacial score (nSPS) is 14.3. The number of rotatable bonds is 6. The predicted octanol–water partition coefficient (Wildman–Crippen LogP) is 14.0. The van der Waals surface area contributed by atoms with Crippen molar-refractivity contribution in [3.05, 3.63) is 178 Å². The smallest absolute Gasteiger partial charge is 0.298 e. The Bertz CT molecular complexity index is 2550. The third-order valence-electron chi connectivity index (χ3n) is 9.47. The summed E-state index contributed by atoms with van der Waals surface area (Å²) < 4.78 is 161. The summed E-state index contributed by atoms with van der Waals surface area (Å²) in [5.74, 6) is 0. The highest BCUT2D eigenvalue weighted by molar-refractivity contribution is 6.54. The van der Waals surface area contributed by atoms with E-state index in [0.29, 0.717) is 63.3 Å². The molecule has 0 saturated carbocycles. The van der Waals surface area contributed by atoms with E-state index in [2.05, 4.69) is 10.5 Å². The number of hydrazone groups is 1. The van der Waals surface area contributed by atoms with Crippen LogP contribution in [0, 0.1) is 5.41 Å². The van der Waals surface area contributed by atoms with Crippen LogP contribution < -0.4 is 5.43 Å². The van der Waals surface area contributed by atoms with Crippen LogP contribution in [0.1, 0.15) is 38.9 Å². The van der Waals surface area contributed by atoms with Gasteiger partial charge in [0.1, 0.15) is 5.71 Å². The quantitative estimate of drug-likeness (QED) is 0.128. The number of fused-ring (bicyclic) bond motifs is 1. The van der Waals surface area contributed by atoms with Crippen molar-refractivity contribution in [3.8, 4) is 33.4 Å². The van der Waals surface area contributed by atoms with Gasteiger partial charge in [-0.05, 0) is 105 Å². The van der Waals surface area contributed by atoms with E-state index in [9.17, 15) is 52.7 Å². The fourth-order valence-corrected chi connectivity index (χ4v) is 6.49. The number of nitrogens with zero attached hydrogens (tertiary/aromatic N) is 1. The zero-order chi connectivity index (χ0) is 42.5. The maximum absolute atomic E-state index is 13.5. The molecule has 0 amide bonds. The molecule has 0 aromatic heterocycles. The highest BCUT2D eigenvalue weighted by Gasteiger charge is 2.38. The van der Waals surface area contributed by atoms with Gasteiger partial charge in [-0.1, -0.05) is 84.9 Å². The Labute approximate surface area is 327 Å². The predicted molar refractivity (Wildman–Crippen MR) is 201 cm³/mol. The number of allylic oxidation sites excluding steroid dienone is 1. The molecule has 0 heterocycles. The Kier molecular flexibility index (Phi) is 10.3. The van der Waals surface area contributed by atoms with Crippen molar-refractivity contribution in [2.75, 3.05) is 5.43 Å². The molecule has 0 unspecified atom stereocenters. The average Bonchev–Trinajstić information content (AvgIpc) is 3.19. The molecule has 7 rings (SSSR count). The van der Waals surface area contributed by atoms with E-state index in [1.165, 1.54) is 24.3 Å². The van der Waals surface area contributed by atoms with Gasteiger partial charge in [-0.2, -0.15) is 57.8 Å². The van der Waals surface area contributed by atoms with E-state index in [1.807, 2.05) is 0 Å². The fourth-order valence-electron chi connectivity index (χ4n) is 6.49. The molecule has 0 saturated heterocycles. The van der Waals surface area contributed by atoms with Crippen LogP contribution in [0.5, 0.6) is 0 Å². The minimum Gasteiger partial charge on any atom is -0.298 e. The zero-order valence-corrected chi connectivity index (χ0v) is 29.8. The minimum atomic E-state index is -5.01. The van der Waals surface area contributed by atoms with E-state index in [4.69, 9.17) is 5.41 Å². The van der Waals surface area contributed by atoms with E-state index in [1.54, 1.807) is 78.9 Å². The van der Waals surface area contributed by atoms with Crippen molar-refractivity contribution in [1.82, 2.24) is 0 Å². The van der Waals surface area contributed by atoms with Crippen molar-refractivity contribution in [3.63, 3.8) is 0 Å². The molecule has 15 heteroatoms. The van der Waals surface area contributed by atoms with Gasteiger partial charge in [0, 0.05) is 5.56 Å². The summed E-state index contributed by atoms with van der Waals surface area (Å²) in [6.45, 7) is 0. The molecule has 3 nitrogen and oxygen atoms in total. The maximum Gasteiger partial charge on any atom is 0.416 e. The summed E-state index contributed by atoms with van der Waals surface area (Å²) in [4.78, 5) is 0. The molecule has 0 bridgehead atoms. The van der Waals surface area contributed by atoms with Gasteiger partial charge < -0.3 is 0 Å². The molecule has 6 aromatic rings. The highest BCUT2D eigenvalue weighted by atomic mass is 19.4. The zero-order valence-electron chi connectivity index (χ0n) is 29.8. The minimum absolute atomic E-state index is 0.0660. The fraction of sp³-hybridized carbons (Fsp3) is 0.0909. The third kappa shape index (κ3) is 8.78. The monoisotopic (exact) mass is 823 g/mol. The largest absolute Gasteiger partial charge is 0.416 e. The van der Waals surface area contributed by atoms with E-state index in [-0.39, 0.29) is 45.8 Å². The number of hydrogen-bond acceptors (Lipinski definition) is 3. The van der Waals surface area contributed by atoms with Crippen molar-refractivity contribution < 1.29 is 52.7 Å². The second-order valence-electron chi connectivity index (χ2n) is 13.4. The number of anilines is 1. The summed E-state index contributed by atoms with van der Waals surface area (Å²) in [5.41, 5.74) is 1.28. The molecule has 0 atom stereocenters. The van der Waals surface area contributed by atoms with Crippen LogP contribution >= 0.6 is 0 Å². The second-order valence-corrected chi connectivity index (χ2v) is 13.4. The average molecular weight is 824 g/mol. The highest BCUT2D eigenvalue weighted by Crippen LogP contribution is 2.41. The van der Waals surface area contributed by atoms with Gasteiger partial charge in [-0.25, -0.2) is 0 Å². The third-order valence-corrected chi connectivity index (χ3v) is 9.47. The van der Waals surface area contributed by atoms with Gasteiger partial charge in [0.2, 0.25) is 0 Å². The number of hydrogen-bond donors (Lipinski definition) is 2. The molecule has 300 valence electrons. The van der Waals surface area contributed by atoms with Crippen LogP contribution in [0.4, 0.5) is 58.4 Å². The molecule has 59 heavy (non-hydrogen) atoms. The Hall–Kier alpha value is -6.64. The molecule has 0 spiro atoms. The molecular formula is C44H25F12N3.